The SMILES string of the molecule is CCCCCCCCCCCCCCCC/C=C/C(O)C(CO)NC(=O)CCCCCCCCC/C=C\CCCCCCCCCCOC(=O)CCCCCCCCCCCCCC. The number of amides is 1. The lowest BCUT2D eigenvalue weighted by Crippen LogP contribution is -2.45. The molecule has 6 heteroatoms. The normalized spacial score (nSPS) is 12.8. The minimum atomic E-state index is -0.850. The number of aliphatic hydroxyl groups is 2. The second kappa shape index (κ2) is 54.0. The van der Waals surface area contributed by atoms with E-state index >= 15 is 0 Å². The van der Waals surface area contributed by atoms with Gasteiger partial charge in [-0.3, -0.25) is 9.59 Å². The Morgan fingerprint density at radius 2 is 0.734 bits per heavy atom. The van der Waals surface area contributed by atoms with Gasteiger partial charge in [-0.25, -0.2) is 0 Å². The average Bonchev–Trinajstić information content (AvgIpc) is 3.29. The first-order valence-electron chi connectivity index (χ1n) is 28.6. The summed E-state index contributed by atoms with van der Waals surface area (Å²) in [6.45, 7) is 4.90. The van der Waals surface area contributed by atoms with E-state index in [-0.39, 0.29) is 18.5 Å². The number of hydrogen-bond donors (Lipinski definition) is 3. The van der Waals surface area contributed by atoms with Crippen LogP contribution in [0.5, 0.6) is 0 Å². The lowest BCUT2D eigenvalue weighted by atomic mass is 10.0. The van der Waals surface area contributed by atoms with Crippen LogP contribution in [-0.4, -0.2) is 47.4 Å². The van der Waals surface area contributed by atoms with Crippen molar-refractivity contribution in [1.82, 2.24) is 5.32 Å². The van der Waals surface area contributed by atoms with Gasteiger partial charge in [0.15, 0.2) is 0 Å². The molecular formula is C58H111NO5. The summed E-state index contributed by atoms with van der Waals surface area (Å²) < 4.78 is 5.46. The van der Waals surface area contributed by atoms with Crippen LogP contribution in [0.15, 0.2) is 24.3 Å². The molecule has 0 bridgehead atoms. The van der Waals surface area contributed by atoms with Crippen LogP contribution in [0.1, 0.15) is 309 Å². The minimum absolute atomic E-state index is 0.00392. The Morgan fingerprint density at radius 3 is 1.11 bits per heavy atom. The number of rotatable bonds is 53. The van der Waals surface area contributed by atoms with Crippen LogP contribution >= 0.6 is 0 Å². The Kier molecular flexibility index (Phi) is 52.6. The van der Waals surface area contributed by atoms with Crippen molar-refractivity contribution in [2.45, 2.75) is 321 Å². The lowest BCUT2D eigenvalue weighted by Gasteiger charge is -2.20. The highest BCUT2D eigenvalue weighted by molar-refractivity contribution is 5.76. The molecule has 2 atom stereocenters. The Bertz CT molecular complexity index is 997. The Morgan fingerprint density at radius 1 is 0.422 bits per heavy atom. The number of aliphatic hydroxyl groups excluding tert-OH is 2. The Balaban J connectivity index is 3.47. The number of carbonyl (C=O) groups is 2. The number of ether oxygens (including phenoxy) is 1. The molecule has 0 spiro atoms. The van der Waals surface area contributed by atoms with Gasteiger partial charge in [-0.2, -0.15) is 0 Å². The third-order valence-electron chi connectivity index (χ3n) is 13.2. The molecule has 0 saturated carbocycles. The first-order valence-corrected chi connectivity index (χ1v) is 28.6. The van der Waals surface area contributed by atoms with E-state index in [1.807, 2.05) is 6.08 Å². The highest BCUT2D eigenvalue weighted by atomic mass is 16.5. The van der Waals surface area contributed by atoms with E-state index in [1.54, 1.807) is 6.08 Å². The topological polar surface area (TPSA) is 95.9 Å². The number of esters is 1. The molecule has 0 aromatic carbocycles. The molecule has 0 saturated heterocycles. The smallest absolute Gasteiger partial charge is 0.305 e. The van der Waals surface area contributed by atoms with E-state index in [2.05, 4.69) is 31.3 Å². The van der Waals surface area contributed by atoms with Crippen molar-refractivity contribution in [3.63, 3.8) is 0 Å². The molecule has 0 heterocycles. The summed E-state index contributed by atoms with van der Waals surface area (Å²) in [5.41, 5.74) is 0. The van der Waals surface area contributed by atoms with Crippen molar-refractivity contribution < 1.29 is 24.5 Å². The summed E-state index contributed by atoms with van der Waals surface area (Å²) in [6, 6.07) is -0.634. The predicted molar refractivity (Wildman–Crippen MR) is 278 cm³/mol. The molecule has 0 rings (SSSR count). The monoisotopic (exact) mass is 902 g/mol. The van der Waals surface area contributed by atoms with Crippen molar-refractivity contribution in [3.8, 4) is 0 Å². The fraction of sp³-hybridized carbons (Fsp3) is 0.897. The van der Waals surface area contributed by atoms with Crippen molar-refractivity contribution in [1.29, 1.82) is 0 Å². The number of carbonyl (C=O) groups excluding carboxylic acids is 2. The second-order valence-corrected chi connectivity index (χ2v) is 19.6. The zero-order chi connectivity index (χ0) is 46.5. The van der Waals surface area contributed by atoms with E-state index < -0.39 is 12.1 Å². The molecule has 0 fully saturated rings. The van der Waals surface area contributed by atoms with Gasteiger partial charge in [-0.05, 0) is 57.8 Å². The van der Waals surface area contributed by atoms with Gasteiger partial charge in [0, 0.05) is 12.8 Å². The number of unbranched alkanes of at least 4 members (excludes halogenated alkanes) is 40. The standard InChI is InChI=1S/C58H111NO5/c1-3-5-7-9-11-13-15-17-18-24-27-30-34-38-42-46-50-56(61)55(54-60)59-57(62)51-47-43-39-35-31-28-25-22-20-19-21-23-26-29-33-37-41-45-49-53-64-58(63)52-48-44-40-36-32-16-14-12-10-8-6-4-2/h19-20,46,50,55-56,60-61H,3-18,21-45,47-49,51-54H2,1-2H3,(H,59,62)/b20-19-,50-46+. The number of allylic oxidation sites excluding steroid dienone is 3. The van der Waals surface area contributed by atoms with E-state index in [1.165, 1.54) is 231 Å². The Hall–Kier alpha value is -1.66. The molecule has 0 radical (unpaired) electrons. The third kappa shape index (κ3) is 49.8. The molecule has 0 aromatic rings. The van der Waals surface area contributed by atoms with Crippen molar-refractivity contribution in [2.75, 3.05) is 13.2 Å². The predicted octanol–water partition coefficient (Wildman–Crippen LogP) is 17.5. The van der Waals surface area contributed by atoms with Crippen LogP contribution in [-0.2, 0) is 14.3 Å². The zero-order valence-corrected chi connectivity index (χ0v) is 43.0. The van der Waals surface area contributed by atoms with Gasteiger partial charge in [-0.15, -0.1) is 0 Å². The molecule has 1 amide bonds. The maximum absolute atomic E-state index is 12.5. The molecular weight excluding hydrogens is 791 g/mol. The van der Waals surface area contributed by atoms with Crippen LogP contribution < -0.4 is 5.32 Å². The summed E-state index contributed by atoms with van der Waals surface area (Å²) >= 11 is 0. The maximum Gasteiger partial charge on any atom is 0.305 e. The minimum Gasteiger partial charge on any atom is -0.466 e. The van der Waals surface area contributed by atoms with Crippen LogP contribution in [0, 0.1) is 0 Å². The van der Waals surface area contributed by atoms with Crippen molar-refractivity contribution >= 4 is 11.9 Å². The van der Waals surface area contributed by atoms with E-state index in [4.69, 9.17) is 4.74 Å². The van der Waals surface area contributed by atoms with Crippen LogP contribution in [0.3, 0.4) is 0 Å². The first kappa shape index (κ1) is 62.3. The van der Waals surface area contributed by atoms with E-state index in [0.717, 1.165) is 51.4 Å². The molecule has 0 aliphatic rings. The molecule has 2 unspecified atom stereocenters. The van der Waals surface area contributed by atoms with Crippen molar-refractivity contribution in [3.05, 3.63) is 24.3 Å². The number of nitrogens with one attached hydrogen (secondary N) is 1. The van der Waals surface area contributed by atoms with Crippen LogP contribution in [0.25, 0.3) is 0 Å². The molecule has 64 heavy (non-hydrogen) atoms. The van der Waals surface area contributed by atoms with Gasteiger partial charge in [0.05, 0.1) is 25.4 Å². The summed E-state index contributed by atoms with van der Waals surface area (Å²) in [5.74, 6) is -0.0723. The van der Waals surface area contributed by atoms with E-state index in [9.17, 15) is 19.8 Å². The highest BCUT2D eigenvalue weighted by Gasteiger charge is 2.18. The third-order valence-corrected chi connectivity index (χ3v) is 13.2. The van der Waals surface area contributed by atoms with E-state index in [0.29, 0.717) is 19.4 Å². The van der Waals surface area contributed by atoms with Gasteiger partial charge in [0.1, 0.15) is 0 Å². The summed E-state index contributed by atoms with van der Waals surface area (Å²) in [5, 5.41) is 23.1. The second-order valence-electron chi connectivity index (χ2n) is 19.6. The fourth-order valence-electron chi connectivity index (χ4n) is 8.81. The molecule has 0 aliphatic carbocycles. The molecule has 0 aliphatic heterocycles. The molecule has 0 aromatic heterocycles. The summed E-state index contributed by atoms with van der Waals surface area (Å²) in [7, 11) is 0. The Labute approximate surface area is 399 Å². The van der Waals surface area contributed by atoms with Gasteiger partial charge in [-0.1, -0.05) is 263 Å². The van der Waals surface area contributed by atoms with Gasteiger partial charge in [0.2, 0.25) is 5.91 Å². The number of hydrogen-bond acceptors (Lipinski definition) is 5. The maximum atomic E-state index is 12.5. The van der Waals surface area contributed by atoms with Gasteiger partial charge in [0.25, 0.3) is 0 Å². The average molecular weight is 903 g/mol. The van der Waals surface area contributed by atoms with Crippen LogP contribution in [0.4, 0.5) is 0 Å². The summed E-state index contributed by atoms with van der Waals surface area (Å²) in [6.07, 6.45) is 64.8. The molecule has 3 N–H and O–H groups in total. The quantitative estimate of drug-likeness (QED) is 0.0321. The highest BCUT2D eigenvalue weighted by Crippen LogP contribution is 2.16. The van der Waals surface area contributed by atoms with Gasteiger partial charge >= 0.3 is 5.97 Å². The zero-order valence-electron chi connectivity index (χ0n) is 43.0. The fourth-order valence-corrected chi connectivity index (χ4v) is 8.81. The lowest BCUT2D eigenvalue weighted by molar-refractivity contribution is -0.143. The molecule has 6 nitrogen and oxygen atoms in total. The first-order chi connectivity index (χ1) is 31.5. The molecule has 378 valence electrons. The van der Waals surface area contributed by atoms with Crippen LogP contribution in [0.2, 0.25) is 0 Å². The largest absolute Gasteiger partial charge is 0.466 e. The van der Waals surface area contributed by atoms with Crippen molar-refractivity contribution in [2.24, 2.45) is 0 Å². The van der Waals surface area contributed by atoms with Gasteiger partial charge < -0.3 is 20.3 Å². The summed E-state index contributed by atoms with van der Waals surface area (Å²) in [4.78, 5) is 24.5.